The third-order valence-corrected chi connectivity index (χ3v) is 8.66. The van der Waals surface area contributed by atoms with E-state index in [2.05, 4.69) is 16.3 Å². The van der Waals surface area contributed by atoms with Crippen LogP contribution in [0.3, 0.4) is 0 Å². The molecular formula is C26H33ClFN3O2S. The minimum absolute atomic E-state index is 0.0373. The van der Waals surface area contributed by atoms with Crippen molar-refractivity contribution in [2.45, 2.75) is 45.7 Å². The number of benzene rings is 1. The highest BCUT2D eigenvalue weighted by molar-refractivity contribution is 7.10. The van der Waals surface area contributed by atoms with Crippen LogP contribution in [0.1, 0.15) is 49.2 Å². The van der Waals surface area contributed by atoms with E-state index in [-0.39, 0.29) is 35.6 Å². The second-order valence-electron chi connectivity index (χ2n) is 10.00. The Balaban J connectivity index is 1.40. The number of halogens is 2. The summed E-state index contributed by atoms with van der Waals surface area (Å²) in [4.78, 5) is 33.3. The van der Waals surface area contributed by atoms with Gasteiger partial charge < -0.3 is 9.80 Å². The Labute approximate surface area is 210 Å². The Bertz CT molecular complexity index is 1040. The molecule has 3 heterocycles. The van der Waals surface area contributed by atoms with E-state index in [1.165, 1.54) is 16.5 Å². The SMILES string of the molecule is C[C@@H]1CN(C(=O)CCN2CCc3sccc3[C@H]2c2cccc(F)c2)CCN1C(=O)C(C)(C)CCl. The molecular weight excluding hydrogens is 473 g/mol. The Hall–Kier alpha value is -1.96. The van der Waals surface area contributed by atoms with Gasteiger partial charge in [0.15, 0.2) is 0 Å². The third-order valence-electron chi connectivity index (χ3n) is 7.00. The monoisotopic (exact) mass is 505 g/mol. The first-order valence-corrected chi connectivity index (χ1v) is 13.3. The molecule has 0 saturated carbocycles. The van der Waals surface area contributed by atoms with Crippen molar-refractivity contribution in [3.8, 4) is 0 Å². The van der Waals surface area contributed by atoms with Crippen molar-refractivity contribution in [1.82, 2.24) is 14.7 Å². The molecule has 0 N–H and O–H groups in total. The molecule has 184 valence electrons. The van der Waals surface area contributed by atoms with Crippen LogP contribution in [-0.2, 0) is 16.0 Å². The second-order valence-corrected chi connectivity index (χ2v) is 11.3. The van der Waals surface area contributed by atoms with Gasteiger partial charge in [0.2, 0.25) is 11.8 Å². The maximum absolute atomic E-state index is 14.0. The van der Waals surface area contributed by atoms with Crippen molar-refractivity contribution >= 4 is 34.8 Å². The molecule has 8 heteroatoms. The summed E-state index contributed by atoms with van der Waals surface area (Å²) in [6.45, 7) is 8.76. The highest BCUT2D eigenvalue weighted by Crippen LogP contribution is 2.38. The molecule has 1 aromatic carbocycles. The number of piperazine rings is 1. The van der Waals surface area contributed by atoms with Crippen LogP contribution < -0.4 is 0 Å². The van der Waals surface area contributed by atoms with E-state index in [0.717, 1.165) is 18.5 Å². The first-order valence-electron chi connectivity index (χ1n) is 11.9. The van der Waals surface area contributed by atoms with E-state index in [4.69, 9.17) is 11.6 Å². The molecule has 0 spiro atoms. The zero-order chi connectivity index (χ0) is 24.5. The van der Waals surface area contributed by atoms with Gasteiger partial charge in [-0.2, -0.15) is 0 Å². The van der Waals surface area contributed by atoms with Gasteiger partial charge >= 0.3 is 0 Å². The lowest BCUT2D eigenvalue weighted by Gasteiger charge is -2.43. The zero-order valence-electron chi connectivity index (χ0n) is 20.1. The molecule has 34 heavy (non-hydrogen) atoms. The molecule has 0 radical (unpaired) electrons. The van der Waals surface area contributed by atoms with Gasteiger partial charge in [-0.25, -0.2) is 4.39 Å². The molecule has 0 aliphatic carbocycles. The highest BCUT2D eigenvalue weighted by atomic mass is 35.5. The topological polar surface area (TPSA) is 43.9 Å². The Morgan fingerprint density at radius 1 is 1.21 bits per heavy atom. The van der Waals surface area contributed by atoms with E-state index < -0.39 is 5.41 Å². The predicted molar refractivity (Wildman–Crippen MR) is 135 cm³/mol. The van der Waals surface area contributed by atoms with Crippen LogP contribution >= 0.6 is 22.9 Å². The maximum atomic E-state index is 14.0. The molecule has 1 saturated heterocycles. The fraction of sp³-hybridized carbons (Fsp3) is 0.538. The van der Waals surface area contributed by atoms with Crippen molar-refractivity contribution in [1.29, 1.82) is 0 Å². The number of rotatable bonds is 6. The summed E-state index contributed by atoms with van der Waals surface area (Å²) in [6, 6.07) is 8.84. The van der Waals surface area contributed by atoms with Gasteiger partial charge in [0.05, 0.1) is 11.5 Å². The molecule has 2 amide bonds. The molecule has 0 unspecified atom stereocenters. The van der Waals surface area contributed by atoms with Crippen LogP contribution in [0.4, 0.5) is 4.39 Å². The molecule has 0 bridgehead atoms. The number of fused-ring (bicyclic) bond motifs is 1. The number of carbonyl (C=O) groups is 2. The van der Waals surface area contributed by atoms with Crippen LogP contribution in [0.2, 0.25) is 0 Å². The number of alkyl halides is 1. The van der Waals surface area contributed by atoms with Gasteiger partial charge in [0, 0.05) is 55.9 Å². The number of amides is 2. The molecule has 1 fully saturated rings. The Morgan fingerprint density at radius 3 is 2.71 bits per heavy atom. The minimum Gasteiger partial charge on any atom is -0.339 e. The normalized spacial score (nSPS) is 21.4. The zero-order valence-corrected chi connectivity index (χ0v) is 21.7. The Kier molecular flexibility index (Phi) is 7.65. The smallest absolute Gasteiger partial charge is 0.229 e. The second kappa shape index (κ2) is 10.3. The largest absolute Gasteiger partial charge is 0.339 e. The lowest BCUT2D eigenvalue weighted by Crippen LogP contribution is -2.58. The number of carbonyl (C=O) groups excluding carboxylic acids is 2. The lowest BCUT2D eigenvalue weighted by molar-refractivity contribution is -0.148. The van der Waals surface area contributed by atoms with Gasteiger partial charge in [-0.15, -0.1) is 22.9 Å². The number of thiophene rings is 1. The highest BCUT2D eigenvalue weighted by Gasteiger charge is 2.37. The predicted octanol–water partition coefficient (Wildman–Crippen LogP) is 4.55. The number of nitrogens with zero attached hydrogens (tertiary/aromatic N) is 3. The average molecular weight is 506 g/mol. The van der Waals surface area contributed by atoms with Crippen molar-refractivity contribution in [3.63, 3.8) is 0 Å². The average Bonchev–Trinajstić information content (AvgIpc) is 3.30. The van der Waals surface area contributed by atoms with E-state index >= 15 is 0 Å². The minimum atomic E-state index is -0.608. The van der Waals surface area contributed by atoms with E-state index in [9.17, 15) is 14.0 Å². The molecule has 2 atom stereocenters. The van der Waals surface area contributed by atoms with Gasteiger partial charge in [0.25, 0.3) is 0 Å². The first-order chi connectivity index (χ1) is 16.2. The fourth-order valence-corrected chi connectivity index (χ4v) is 6.02. The van der Waals surface area contributed by atoms with Crippen LogP contribution in [-0.4, -0.2) is 71.2 Å². The van der Waals surface area contributed by atoms with Gasteiger partial charge in [0.1, 0.15) is 5.82 Å². The Morgan fingerprint density at radius 2 is 2.00 bits per heavy atom. The summed E-state index contributed by atoms with van der Waals surface area (Å²) in [5.41, 5.74) is 1.54. The molecule has 2 aliphatic rings. The molecule has 5 nitrogen and oxygen atoms in total. The molecule has 1 aromatic heterocycles. The summed E-state index contributed by atoms with van der Waals surface area (Å²) in [5.74, 6) is 0.172. The number of hydrogen-bond donors (Lipinski definition) is 0. The van der Waals surface area contributed by atoms with Crippen LogP contribution in [0.25, 0.3) is 0 Å². The fourth-order valence-electron chi connectivity index (χ4n) is 5.01. The standard InChI is InChI=1S/C26H33ClFN3O2S/c1-18-16-30(12-13-31(18)25(33)26(2,3)17-27)23(32)8-11-29-10-7-22-21(9-14-34-22)24(29)19-5-4-6-20(28)15-19/h4-6,9,14-15,18,24H,7-8,10-13,16-17H2,1-3H3/t18-,24-/m1/s1. The van der Waals surface area contributed by atoms with Crippen molar-refractivity contribution in [2.75, 3.05) is 38.6 Å². The van der Waals surface area contributed by atoms with Crippen molar-refractivity contribution in [2.24, 2.45) is 5.41 Å². The molecule has 4 rings (SSSR count). The van der Waals surface area contributed by atoms with Gasteiger partial charge in [-0.1, -0.05) is 12.1 Å². The van der Waals surface area contributed by atoms with Crippen LogP contribution in [0.15, 0.2) is 35.7 Å². The quantitative estimate of drug-likeness (QED) is 0.541. The van der Waals surface area contributed by atoms with Gasteiger partial charge in [-0.05, 0) is 61.9 Å². The van der Waals surface area contributed by atoms with Gasteiger partial charge in [-0.3, -0.25) is 14.5 Å². The van der Waals surface area contributed by atoms with E-state index in [0.29, 0.717) is 32.6 Å². The summed E-state index contributed by atoms with van der Waals surface area (Å²) in [5, 5.41) is 2.10. The van der Waals surface area contributed by atoms with Crippen LogP contribution in [0, 0.1) is 11.2 Å². The first kappa shape index (κ1) is 25.1. The molecule has 2 aliphatic heterocycles. The van der Waals surface area contributed by atoms with Crippen molar-refractivity contribution < 1.29 is 14.0 Å². The van der Waals surface area contributed by atoms with Crippen LogP contribution in [0.5, 0.6) is 0 Å². The van der Waals surface area contributed by atoms with E-state index in [1.54, 1.807) is 23.5 Å². The summed E-state index contributed by atoms with van der Waals surface area (Å²) >= 11 is 7.75. The molecule has 2 aromatic rings. The third kappa shape index (κ3) is 5.16. The maximum Gasteiger partial charge on any atom is 0.229 e. The summed E-state index contributed by atoms with van der Waals surface area (Å²) in [7, 11) is 0. The summed E-state index contributed by atoms with van der Waals surface area (Å²) in [6.07, 6.45) is 1.35. The van der Waals surface area contributed by atoms with Crippen molar-refractivity contribution in [3.05, 3.63) is 57.5 Å². The van der Waals surface area contributed by atoms with E-state index in [1.807, 2.05) is 36.6 Å². The summed E-state index contributed by atoms with van der Waals surface area (Å²) < 4.78 is 14.0. The number of hydrogen-bond acceptors (Lipinski definition) is 4. The lowest BCUT2D eigenvalue weighted by atomic mass is 9.92.